The van der Waals surface area contributed by atoms with Crippen LogP contribution in [0.4, 0.5) is 0 Å². The Kier molecular flexibility index (Phi) is 17.9. The monoisotopic (exact) mass is 493 g/mol. The van der Waals surface area contributed by atoms with Gasteiger partial charge in [-0.05, 0) is 19.3 Å². The highest BCUT2D eigenvalue weighted by molar-refractivity contribution is 9.93. The first kappa shape index (κ1) is 23.1. The summed E-state index contributed by atoms with van der Waals surface area (Å²) in [4.78, 5) is 30.4. The molecule has 0 radical (unpaired) electrons. The van der Waals surface area contributed by atoms with Gasteiger partial charge in [-0.15, -0.1) is 17.0 Å². The average Bonchev–Trinajstić information content (AvgIpc) is 3.19. The van der Waals surface area contributed by atoms with E-state index in [2.05, 4.69) is 44.2 Å². The summed E-state index contributed by atoms with van der Waals surface area (Å²) >= 11 is 5.50. The standard InChI is InChI=1S/3C4H7NO.Br2.BrH/c3*6-4-2-1-3-5-4;1-2;/h3*1-3H2,(H,5,6);;1H. The van der Waals surface area contributed by atoms with Crippen molar-refractivity contribution >= 4 is 63.0 Å². The van der Waals surface area contributed by atoms with E-state index in [1.807, 2.05) is 0 Å². The molecule has 0 saturated carbocycles. The molecule has 3 rings (SSSR count). The van der Waals surface area contributed by atoms with Gasteiger partial charge in [-0.2, -0.15) is 0 Å². The third kappa shape index (κ3) is 14.5. The van der Waals surface area contributed by atoms with Crippen molar-refractivity contribution < 1.29 is 14.4 Å². The van der Waals surface area contributed by atoms with Gasteiger partial charge in [0.25, 0.3) is 0 Å². The Hall–Kier alpha value is -0.150. The number of hydrogen-bond donors (Lipinski definition) is 3. The minimum absolute atomic E-state index is 0. The highest BCUT2D eigenvalue weighted by atomic mass is 80.9. The zero-order chi connectivity index (χ0) is 15.2. The molecule has 0 bridgehead atoms. The predicted molar refractivity (Wildman–Crippen MR) is 94.9 cm³/mol. The van der Waals surface area contributed by atoms with Gasteiger partial charge in [0, 0.05) is 67.2 Å². The number of nitrogens with one attached hydrogen (secondary N) is 3. The summed E-state index contributed by atoms with van der Waals surface area (Å²) in [6.45, 7) is 2.66. The van der Waals surface area contributed by atoms with Gasteiger partial charge in [0.15, 0.2) is 0 Å². The summed E-state index contributed by atoms with van der Waals surface area (Å²) in [7, 11) is 0. The molecule has 3 heterocycles. The minimum atomic E-state index is 0. The fourth-order valence-corrected chi connectivity index (χ4v) is 1.70. The lowest BCUT2D eigenvalue weighted by atomic mass is 10.4. The molecule has 0 aliphatic carbocycles. The maximum Gasteiger partial charge on any atom is 0.220 e. The number of carbonyl (C=O) groups is 3. The summed E-state index contributed by atoms with van der Waals surface area (Å²) < 4.78 is 0. The van der Waals surface area contributed by atoms with E-state index in [0.29, 0.717) is 0 Å². The van der Waals surface area contributed by atoms with Crippen molar-refractivity contribution in [2.24, 2.45) is 0 Å². The Morgan fingerprint density at radius 1 is 0.619 bits per heavy atom. The number of carbonyl (C=O) groups excluding carboxylic acids is 3. The molecular weight excluding hydrogens is 474 g/mol. The van der Waals surface area contributed by atoms with E-state index in [9.17, 15) is 14.4 Å². The van der Waals surface area contributed by atoms with Crippen LogP contribution in [-0.2, 0) is 14.4 Å². The second kappa shape index (κ2) is 16.2. The zero-order valence-corrected chi connectivity index (χ0v) is 16.6. The molecule has 3 N–H and O–H groups in total. The second-order valence-corrected chi connectivity index (χ2v) is 4.36. The Bertz CT molecular complexity index is 246. The molecule has 6 nitrogen and oxygen atoms in total. The van der Waals surface area contributed by atoms with Gasteiger partial charge in [0.05, 0.1) is 0 Å². The van der Waals surface area contributed by atoms with Crippen molar-refractivity contribution in [3.8, 4) is 0 Å². The summed E-state index contributed by atoms with van der Waals surface area (Å²) in [6.07, 6.45) is 5.29. The van der Waals surface area contributed by atoms with Crippen LogP contribution in [0.2, 0.25) is 0 Å². The van der Waals surface area contributed by atoms with Crippen molar-refractivity contribution in [2.45, 2.75) is 38.5 Å². The molecule has 9 heteroatoms. The molecule has 21 heavy (non-hydrogen) atoms. The molecule has 0 aromatic carbocycles. The third-order valence-electron chi connectivity index (χ3n) is 2.71. The maximum absolute atomic E-state index is 10.1. The minimum Gasteiger partial charge on any atom is -0.356 e. The van der Waals surface area contributed by atoms with Crippen LogP contribution in [0.5, 0.6) is 0 Å². The Morgan fingerprint density at radius 3 is 0.905 bits per heavy atom. The van der Waals surface area contributed by atoms with E-state index in [1.54, 1.807) is 0 Å². The van der Waals surface area contributed by atoms with Gasteiger partial charge >= 0.3 is 0 Å². The molecule has 3 aliphatic rings. The Balaban J connectivity index is 0. The molecule has 3 fully saturated rings. The van der Waals surface area contributed by atoms with Crippen LogP contribution in [0.25, 0.3) is 0 Å². The van der Waals surface area contributed by atoms with Crippen LogP contribution in [0.15, 0.2) is 0 Å². The molecule has 3 amide bonds. The maximum atomic E-state index is 10.1. The first-order valence-corrected chi connectivity index (χ1v) is 10.3. The smallest absolute Gasteiger partial charge is 0.220 e. The van der Waals surface area contributed by atoms with Gasteiger partial charge in [0.1, 0.15) is 0 Å². The fraction of sp³-hybridized carbons (Fsp3) is 0.750. The van der Waals surface area contributed by atoms with Crippen molar-refractivity contribution in [3.05, 3.63) is 0 Å². The number of amides is 3. The molecule has 0 unspecified atom stereocenters. The molecule has 0 aromatic rings. The first-order valence-electron chi connectivity index (χ1n) is 6.63. The average molecular weight is 496 g/mol. The zero-order valence-electron chi connectivity index (χ0n) is 11.8. The lowest BCUT2D eigenvalue weighted by Gasteiger charge is -1.80. The van der Waals surface area contributed by atoms with E-state index in [-0.39, 0.29) is 34.7 Å². The molecule has 3 saturated heterocycles. The molecule has 0 spiro atoms. The van der Waals surface area contributed by atoms with Gasteiger partial charge in [0.2, 0.25) is 17.7 Å². The highest BCUT2D eigenvalue weighted by Crippen LogP contribution is 1.94. The van der Waals surface area contributed by atoms with E-state index in [0.717, 1.165) is 58.2 Å². The van der Waals surface area contributed by atoms with Crippen molar-refractivity contribution in [1.29, 1.82) is 0 Å². The number of hydrogen-bond acceptors (Lipinski definition) is 3. The van der Waals surface area contributed by atoms with E-state index < -0.39 is 0 Å². The molecule has 3 aliphatic heterocycles. The van der Waals surface area contributed by atoms with E-state index >= 15 is 0 Å². The van der Waals surface area contributed by atoms with Gasteiger partial charge < -0.3 is 16.0 Å². The Morgan fingerprint density at radius 2 is 0.857 bits per heavy atom. The summed E-state index contributed by atoms with van der Waals surface area (Å²) in [5.41, 5.74) is 0. The van der Waals surface area contributed by atoms with Crippen molar-refractivity contribution in [2.75, 3.05) is 19.6 Å². The SMILES string of the molecule is Br.BrBr.O=C1CCCN1.O=C1CCCN1.O=C1CCCN1. The largest absolute Gasteiger partial charge is 0.356 e. The number of rotatable bonds is 0. The van der Waals surface area contributed by atoms with Crippen LogP contribution < -0.4 is 16.0 Å². The third-order valence-corrected chi connectivity index (χ3v) is 2.71. The summed E-state index contributed by atoms with van der Waals surface area (Å²) in [5.74, 6) is 0.611. The normalized spacial score (nSPS) is 18.3. The molecule has 124 valence electrons. The quantitative estimate of drug-likeness (QED) is 0.480. The van der Waals surface area contributed by atoms with Crippen molar-refractivity contribution in [3.63, 3.8) is 0 Å². The van der Waals surface area contributed by atoms with Crippen molar-refractivity contribution in [1.82, 2.24) is 16.0 Å². The van der Waals surface area contributed by atoms with Gasteiger partial charge in [-0.3, -0.25) is 14.4 Å². The molecular formula is C12H22Br3N3O3. The molecule has 0 atom stereocenters. The second-order valence-electron chi connectivity index (χ2n) is 4.36. The highest BCUT2D eigenvalue weighted by Gasteiger charge is 2.06. The lowest BCUT2D eigenvalue weighted by molar-refractivity contribution is -0.119. The first-order chi connectivity index (χ1) is 9.68. The van der Waals surface area contributed by atoms with E-state index in [1.165, 1.54) is 0 Å². The predicted octanol–water partition coefficient (Wildman–Crippen LogP) is 1.96. The molecule has 0 aromatic heterocycles. The van der Waals surface area contributed by atoms with Crippen LogP contribution >= 0.6 is 45.2 Å². The van der Waals surface area contributed by atoms with Crippen LogP contribution in [0.1, 0.15) is 38.5 Å². The van der Waals surface area contributed by atoms with Crippen LogP contribution in [0.3, 0.4) is 0 Å². The van der Waals surface area contributed by atoms with Gasteiger partial charge in [-0.1, -0.05) is 0 Å². The topological polar surface area (TPSA) is 87.3 Å². The number of halogens is 3. The lowest BCUT2D eigenvalue weighted by Crippen LogP contribution is -2.12. The van der Waals surface area contributed by atoms with E-state index in [4.69, 9.17) is 0 Å². The van der Waals surface area contributed by atoms with Crippen LogP contribution in [0, 0.1) is 0 Å². The van der Waals surface area contributed by atoms with Gasteiger partial charge in [-0.25, -0.2) is 0 Å². The summed E-state index contributed by atoms with van der Waals surface area (Å²) in [6, 6.07) is 0. The Labute approximate surface area is 151 Å². The fourth-order valence-electron chi connectivity index (χ4n) is 1.70. The summed E-state index contributed by atoms with van der Waals surface area (Å²) in [5, 5.41) is 8.04. The van der Waals surface area contributed by atoms with Crippen LogP contribution in [-0.4, -0.2) is 37.4 Å².